The number of furan rings is 2. The van der Waals surface area contributed by atoms with Gasteiger partial charge in [-0.3, -0.25) is 4.79 Å². The van der Waals surface area contributed by atoms with Gasteiger partial charge in [-0.15, -0.1) is 10.2 Å². The Morgan fingerprint density at radius 3 is 2.74 bits per heavy atom. The van der Waals surface area contributed by atoms with Gasteiger partial charge in [-0.25, -0.2) is 5.01 Å². The van der Waals surface area contributed by atoms with Crippen LogP contribution in [-0.4, -0.2) is 37.1 Å². The highest BCUT2D eigenvalue weighted by Gasteiger charge is 2.38. The fourth-order valence-corrected chi connectivity index (χ4v) is 5.46. The molecule has 4 aromatic rings. The minimum absolute atomic E-state index is 0.0872. The molecule has 7 rings (SSSR count). The summed E-state index contributed by atoms with van der Waals surface area (Å²) in [5.74, 6) is 3.18. The van der Waals surface area contributed by atoms with Crippen molar-refractivity contribution in [2.45, 2.75) is 55.3 Å². The molecule has 0 saturated heterocycles. The van der Waals surface area contributed by atoms with Crippen LogP contribution < -0.4 is 0 Å². The molecule has 1 aromatic carbocycles. The van der Waals surface area contributed by atoms with E-state index in [2.05, 4.69) is 14.8 Å². The summed E-state index contributed by atoms with van der Waals surface area (Å²) in [7, 11) is 0. The van der Waals surface area contributed by atoms with Crippen LogP contribution in [0.3, 0.4) is 0 Å². The molecule has 2 aliphatic carbocycles. The van der Waals surface area contributed by atoms with Gasteiger partial charge >= 0.3 is 0 Å². The first-order valence-electron chi connectivity index (χ1n) is 11.7. The number of fused-ring (bicyclic) bond motifs is 1. The number of hydrogen-bond donors (Lipinski definition) is 0. The molecule has 8 nitrogen and oxygen atoms in total. The third-order valence-electron chi connectivity index (χ3n) is 6.62. The van der Waals surface area contributed by atoms with Crippen molar-refractivity contribution < 1.29 is 13.6 Å². The summed E-state index contributed by atoms with van der Waals surface area (Å²) < 4.78 is 14.0. The van der Waals surface area contributed by atoms with Crippen molar-refractivity contribution in [1.82, 2.24) is 19.8 Å². The summed E-state index contributed by atoms with van der Waals surface area (Å²) >= 11 is 1.45. The molecule has 2 saturated carbocycles. The maximum Gasteiger partial charge on any atom is 0.253 e. The summed E-state index contributed by atoms with van der Waals surface area (Å²) in [6.07, 6.45) is 6.87. The van der Waals surface area contributed by atoms with E-state index in [-0.39, 0.29) is 17.7 Å². The molecule has 0 spiro atoms. The van der Waals surface area contributed by atoms with Gasteiger partial charge in [0.05, 0.1) is 12.0 Å². The highest BCUT2D eigenvalue weighted by molar-refractivity contribution is 7.99. The van der Waals surface area contributed by atoms with Crippen LogP contribution in [0.4, 0.5) is 0 Å². The zero-order valence-corrected chi connectivity index (χ0v) is 19.3. The second-order valence-corrected chi connectivity index (χ2v) is 10.1. The SMILES string of the molecule is O=C(CSc1nnc(C2CC2)n1C1CC1)N1N=C(c2cc3ccccc3o2)C[C@@H]1c1ccco1. The largest absolute Gasteiger partial charge is 0.467 e. The lowest BCUT2D eigenvalue weighted by atomic mass is 10.1. The highest BCUT2D eigenvalue weighted by atomic mass is 32.2. The number of amides is 1. The third-order valence-corrected chi connectivity index (χ3v) is 7.55. The summed E-state index contributed by atoms with van der Waals surface area (Å²) in [5, 5.41) is 17.0. The van der Waals surface area contributed by atoms with Crippen LogP contribution in [0.1, 0.15) is 67.5 Å². The first-order valence-corrected chi connectivity index (χ1v) is 12.7. The van der Waals surface area contributed by atoms with Crippen LogP contribution in [0.15, 0.2) is 67.8 Å². The van der Waals surface area contributed by atoms with Crippen molar-refractivity contribution in [3.8, 4) is 0 Å². The molecule has 1 atom stereocenters. The van der Waals surface area contributed by atoms with Crippen LogP contribution in [0.2, 0.25) is 0 Å². The van der Waals surface area contributed by atoms with E-state index in [1.54, 1.807) is 11.3 Å². The van der Waals surface area contributed by atoms with E-state index in [1.807, 2.05) is 42.5 Å². The molecule has 4 heterocycles. The molecule has 0 N–H and O–H groups in total. The number of benzene rings is 1. The van der Waals surface area contributed by atoms with E-state index in [0.717, 1.165) is 40.5 Å². The monoisotopic (exact) mass is 473 g/mol. The molecule has 1 aliphatic heterocycles. The maximum absolute atomic E-state index is 13.4. The van der Waals surface area contributed by atoms with Gasteiger partial charge in [0.2, 0.25) is 0 Å². The van der Waals surface area contributed by atoms with Crippen molar-refractivity contribution in [2.75, 3.05) is 5.75 Å². The smallest absolute Gasteiger partial charge is 0.253 e. The first-order chi connectivity index (χ1) is 16.7. The number of hydrazone groups is 1. The van der Waals surface area contributed by atoms with Gasteiger partial charge < -0.3 is 13.4 Å². The number of nitrogens with zero attached hydrogens (tertiary/aromatic N) is 5. The van der Waals surface area contributed by atoms with Crippen LogP contribution in [-0.2, 0) is 4.79 Å². The molecule has 3 aromatic heterocycles. The number of carbonyl (C=O) groups excluding carboxylic acids is 1. The van der Waals surface area contributed by atoms with Crippen molar-refractivity contribution in [1.29, 1.82) is 0 Å². The molecular formula is C25H23N5O3S. The number of thioether (sulfide) groups is 1. The molecule has 172 valence electrons. The standard InChI is InChI=1S/C25H23N5O3S/c31-23(14-34-25-27-26-24(15-7-8-15)29(25)17-9-10-17)30-19(21-6-3-11-32-21)13-18(28-30)22-12-16-4-1-2-5-20(16)33-22/h1-6,11-12,15,17,19H,7-10,13-14H2/t19-/m1/s1. The van der Waals surface area contributed by atoms with Crippen LogP contribution in [0.5, 0.6) is 0 Å². The number of hydrogen-bond acceptors (Lipinski definition) is 7. The van der Waals surface area contributed by atoms with E-state index in [4.69, 9.17) is 13.9 Å². The van der Waals surface area contributed by atoms with E-state index in [9.17, 15) is 4.79 Å². The predicted octanol–water partition coefficient (Wildman–Crippen LogP) is 5.30. The molecule has 3 aliphatic rings. The number of aromatic nitrogens is 3. The highest BCUT2D eigenvalue weighted by Crippen LogP contribution is 2.46. The van der Waals surface area contributed by atoms with Gasteiger partial charge in [0, 0.05) is 23.8 Å². The Morgan fingerprint density at radius 1 is 1.09 bits per heavy atom. The van der Waals surface area contributed by atoms with Gasteiger partial charge in [0.25, 0.3) is 5.91 Å². The molecular weight excluding hydrogens is 450 g/mol. The van der Waals surface area contributed by atoms with Crippen molar-refractivity contribution in [3.05, 3.63) is 66.1 Å². The summed E-state index contributed by atoms with van der Waals surface area (Å²) in [6.45, 7) is 0. The second-order valence-electron chi connectivity index (χ2n) is 9.17. The Balaban J connectivity index is 1.15. The Labute approximate surface area is 200 Å². The van der Waals surface area contributed by atoms with Gasteiger partial charge in [-0.1, -0.05) is 30.0 Å². The molecule has 9 heteroatoms. The van der Waals surface area contributed by atoms with E-state index < -0.39 is 0 Å². The topological polar surface area (TPSA) is 89.7 Å². The fraction of sp³-hybridized carbons (Fsp3) is 0.360. The normalized spacial score (nSPS) is 20.3. The molecule has 2 fully saturated rings. The maximum atomic E-state index is 13.4. The Kier molecular flexibility index (Phi) is 4.65. The van der Waals surface area contributed by atoms with Gasteiger partial charge in [-0.05, 0) is 49.9 Å². The molecule has 0 radical (unpaired) electrons. The number of para-hydroxylation sites is 1. The number of rotatable bonds is 7. The van der Waals surface area contributed by atoms with Crippen molar-refractivity contribution in [3.63, 3.8) is 0 Å². The van der Waals surface area contributed by atoms with E-state index in [1.165, 1.54) is 24.6 Å². The molecule has 34 heavy (non-hydrogen) atoms. The molecule has 0 unspecified atom stereocenters. The molecule has 1 amide bonds. The van der Waals surface area contributed by atoms with Gasteiger partial charge in [-0.2, -0.15) is 5.10 Å². The lowest BCUT2D eigenvalue weighted by Gasteiger charge is -2.19. The summed E-state index contributed by atoms with van der Waals surface area (Å²) in [4.78, 5) is 13.4. The fourth-order valence-electron chi connectivity index (χ4n) is 4.59. The van der Waals surface area contributed by atoms with E-state index in [0.29, 0.717) is 29.9 Å². The summed E-state index contributed by atoms with van der Waals surface area (Å²) in [6, 6.07) is 13.8. The lowest BCUT2D eigenvalue weighted by Crippen LogP contribution is -2.28. The predicted molar refractivity (Wildman–Crippen MR) is 127 cm³/mol. The first kappa shape index (κ1) is 20.1. The average molecular weight is 474 g/mol. The number of carbonyl (C=O) groups is 1. The molecule has 0 bridgehead atoms. The van der Waals surface area contributed by atoms with Gasteiger partial charge in [0.15, 0.2) is 10.9 Å². The zero-order valence-electron chi connectivity index (χ0n) is 18.5. The van der Waals surface area contributed by atoms with Crippen molar-refractivity contribution in [2.24, 2.45) is 5.10 Å². The van der Waals surface area contributed by atoms with Crippen LogP contribution >= 0.6 is 11.8 Å². The minimum Gasteiger partial charge on any atom is -0.467 e. The average Bonchev–Trinajstić information content (AvgIpc) is 3.63. The van der Waals surface area contributed by atoms with Gasteiger partial charge in [0.1, 0.15) is 28.9 Å². The lowest BCUT2D eigenvalue weighted by molar-refractivity contribution is -0.130. The van der Waals surface area contributed by atoms with E-state index >= 15 is 0 Å². The van der Waals surface area contributed by atoms with Crippen molar-refractivity contribution >= 4 is 34.3 Å². The second kappa shape index (κ2) is 7.87. The minimum atomic E-state index is -0.297. The Bertz CT molecular complexity index is 1360. The zero-order chi connectivity index (χ0) is 22.6. The quantitative estimate of drug-likeness (QED) is 0.338. The third kappa shape index (κ3) is 3.55. The van der Waals surface area contributed by atoms with Crippen LogP contribution in [0, 0.1) is 0 Å². The summed E-state index contributed by atoms with van der Waals surface area (Å²) in [5.41, 5.74) is 1.55. The van der Waals surface area contributed by atoms with Crippen LogP contribution in [0.25, 0.3) is 11.0 Å². The Hall–Kier alpha value is -3.33. The Morgan fingerprint density at radius 2 is 1.97 bits per heavy atom.